The van der Waals surface area contributed by atoms with Gasteiger partial charge >= 0.3 is 0 Å². The average molecular weight is 449 g/mol. The zero-order valence-electron chi connectivity index (χ0n) is 18.0. The van der Waals surface area contributed by atoms with Crippen molar-refractivity contribution in [3.05, 3.63) is 83.0 Å². The second-order valence-corrected chi connectivity index (χ2v) is 8.46. The average Bonchev–Trinajstić information content (AvgIpc) is 3.22. The van der Waals surface area contributed by atoms with E-state index in [1.807, 2.05) is 30.3 Å². The number of halogens is 1. The number of aromatic nitrogens is 4. The maximum Gasteiger partial charge on any atom is 0.234 e. The molecule has 0 atom stereocenters. The Morgan fingerprint density at radius 1 is 1.00 bits per heavy atom. The Bertz CT molecular complexity index is 1220. The quantitative estimate of drug-likeness (QED) is 0.444. The molecule has 164 valence electrons. The van der Waals surface area contributed by atoms with Gasteiger partial charge < -0.3 is 14.0 Å². The number of pyridine rings is 1. The second-order valence-electron chi connectivity index (χ2n) is 8.02. The molecule has 5 rings (SSSR count). The van der Waals surface area contributed by atoms with Crippen LogP contribution in [-0.2, 0) is 13.2 Å². The molecule has 32 heavy (non-hydrogen) atoms. The molecule has 0 spiro atoms. The molecular weight excluding hydrogens is 424 g/mol. The zero-order chi connectivity index (χ0) is 21.9. The molecule has 1 aromatic carbocycles. The van der Waals surface area contributed by atoms with Gasteiger partial charge in [0.2, 0.25) is 5.88 Å². The Labute approximate surface area is 192 Å². The molecule has 0 amide bonds. The summed E-state index contributed by atoms with van der Waals surface area (Å²) >= 11 is 6.04. The van der Waals surface area contributed by atoms with Crippen molar-refractivity contribution in [2.75, 3.05) is 31.1 Å². The van der Waals surface area contributed by atoms with Gasteiger partial charge in [0.1, 0.15) is 12.3 Å². The first-order valence-corrected chi connectivity index (χ1v) is 11.1. The van der Waals surface area contributed by atoms with E-state index in [0.29, 0.717) is 17.5 Å². The Hall–Kier alpha value is -3.16. The summed E-state index contributed by atoms with van der Waals surface area (Å²) < 4.78 is 7.99. The molecule has 7 nitrogen and oxygen atoms in total. The summed E-state index contributed by atoms with van der Waals surface area (Å²) in [5.41, 5.74) is 4.30. The number of ether oxygens (including phenoxy) is 1. The molecule has 1 aliphatic rings. The van der Waals surface area contributed by atoms with Gasteiger partial charge in [-0.2, -0.15) is 4.98 Å². The maximum atomic E-state index is 6.04. The normalized spacial score (nSPS) is 14.8. The minimum Gasteiger partial charge on any atom is -0.472 e. The van der Waals surface area contributed by atoms with Crippen LogP contribution in [0, 0.1) is 6.92 Å². The van der Waals surface area contributed by atoms with E-state index in [1.165, 1.54) is 5.69 Å². The summed E-state index contributed by atoms with van der Waals surface area (Å²) in [7, 11) is 0. The lowest BCUT2D eigenvalue weighted by Gasteiger charge is -2.34. The summed E-state index contributed by atoms with van der Waals surface area (Å²) in [6.45, 7) is 7.03. The fourth-order valence-corrected chi connectivity index (χ4v) is 4.20. The van der Waals surface area contributed by atoms with Crippen molar-refractivity contribution in [1.29, 1.82) is 0 Å². The first kappa shape index (κ1) is 20.7. The predicted molar refractivity (Wildman–Crippen MR) is 125 cm³/mol. The molecule has 0 saturated carbocycles. The molecule has 3 aromatic heterocycles. The number of rotatable bonds is 6. The Morgan fingerprint density at radius 3 is 2.66 bits per heavy atom. The summed E-state index contributed by atoms with van der Waals surface area (Å²) in [4.78, 5) is 18.4. The monoisotopic (exact) mass is 448 g/mol. The molecule has 0 bridgehead atoms. The van der Waals surface area contributed by atoms with Gasteiger partial charge in [-0.05, 0) is 36.8 Å². The standard InChI is InChI=1S/C24H25ClN6O/c1-18-4-2-7-22-27-21(16-31(18)22)15-29-8-10-30(11-9-29)23-13-26-14-24(28-23)32-17-19-5-3-6-20(25)12-19/h2-7,12-14,16H,8-11,15,17H2,1H3. The van der Waals surface area contributed by atoms with Crippen LogP contribution >= 0.6 is 11.6 Å². The van der Waals surface area contributed by atoms with Crippen molar-refractivity contribution in [3.63, 3.8) is 0 Å². The molecule has 1 saturated heterocycles. The Kier molecular flexibility index (Phi) is 5.92. The molecule has 0 radical (unpaired) electrons. The molecular formula is C24H25ClN6O. The molecule has 0 unspecified atom stereocenters. The zero-order valence-corrected chi connectivity index (χ0v) is 18.7. The van der Waals surface area contributed by atoms with E-state index in [0.717, 1.165) is 55.4 Å². The van der Waals surface area contributed by atoms with E-state index in [-0.39, 0.29) is 0 Å². The minimum absolute atomic E-state index is 0.408. The van der Waals surface area contributed by atoms with Crippen molar-refractivity contribution >= 4 is 23.1 Å². The van der Waals surface area contributed by atoms with E-state index < -0.39 is 0 Å². The Balaban J connectivity index is 1.17. The molecule has 1 aliphatic heterocycles. The first-order chi connectivity index (χ1) is 15.6. The van der Waals surface area contributed by atoms with Crippen molar-refractivity contribution < 1.29 is 4.74 Å². The van der Waals surface area contributed by atoms with Crippen LogP contribution in [0.15, 0.2) is 61.1 Å². The molecule has 0 aliphatic carbocycles. The third-order valence-corrected chi connectivity index (χ3v) is 5.94. The number of hydrogen-bond acceptors (Lipinski definition) is 6. The van der Waals surface area contributed by atoms with Crippen LogP contribution < -0.4 is 9.64 Å². The Morgan fingerprint density at radius 2 is 1.84 bits per heavy atom. The topological polar surface area (TPSA) is 58.8 Å². The van der Waals surface area contributed by atoms with Crippen molar-refractivity contribution in [3.8, 4) is 5.88 Å². The van der Waals surface area contributed by atoms with Crippen molar-refractivity contribution in [1.82, 2.24) is 24.3 Å². The van der Waals surface area contributed by atoms with Gasteiger partial charge in [-0.15, -0.1) is 0 Å². The third-order valence-electron chi connectivity index (χ3n) is 5.70. The van der Waals surface area contributed by atoms with Crippen LogP contribution in [0.1, 0.15) is 17.0 Å². The minimum atomic E-state index is 0.408. The first-order valence-electron chi connectivity index (χ1n) is 10.7. The van der Waals surface area contributed by atoms with Crippen LogP contribution in [0.4, 0.5) is 5.82 Å². The van der Waals surface area contributed by atoms with Crippen LogP contribution in [0.5, 0.6) is 5.88 Å². The van der Waals surface area contributed by atoms with Gasteiger partial charge in [-0.3, -0.25) is 9.88 Å². The largest absolute Gasteiger partial charge is 0.472 e. The highest BCUT2D eigenvalue weighted by Crippen LogP contribution is 2.19. The maximum absolute atomic E-state index is 6.04. The molecule has 4 aromatic rings. The van der Waals surface area contributed by atoms with Gasteiger partial charge in [-0.1, -0.05) is 29.8 Å². The molecule has 1 fully saturated rings. The van der Waals surface area contributed by atoms with Gasteiger partial charge in [0.15, 0.2) is 5.82 Å². The number of imidazole rings is 1. The van der Waals surface area contributed by atoms with E-state index in [4.69, 9.17) is 21.3 Å². The van der Waals surface area contributed by atoms with E-state index in [9.17, 15) is 0 Å². The molecule has 8 heteroatoms. The van der Waals surface area contributed by atoms with Gasteiger partial charge in [0.25, 0.3) is 0 Å². The fraction of sp³-hybridized carbons (Fsp3) is 0.292. The van der Waals surface area contributed by atoms with E-state index in [1.54, 1.807) is 12.4 Å². The van der Waals surface area contributed by atoms with Gasteiger partial charge in [0, 0.05) is 49.6 Å². The smallest absolute Gasteiger partial charge is 0.234 e. The number of hydrogen-bond donors (Lipinski definition) is 0. The SMILES string of the molecule is Cc1cccc2nc(CN3CCN(c4cncc(OCc5cccc(Cl)c5)n4)CC3)cn12. The van der Waals surface area contributed by atoms with Crippen molar-refractivity contribution in [2.45, 2.75) is 20.1 Å². The summed E-state index contributed by atoms with van der Waals surface area (Å²) in [6, 6.07) is 13.8. The third kappa shape index (κ3) is 4.69. The van der Waals surface area contributed by atoms with Crippen LogP contribution in [0.2, 0.25) is 5.02 Å². The van der Waals surface area contributed by atoms with Crippen LogP contribution in [0.3, 0.4) is 0 Å². The van der Waals surface area contributed by atoms with E-state index >= 15 is 0 Å². The van der Waals surface area contributed by atoms with Crippen LogP contribution in [0.25, 0.3) is 5.65 Å². The summed E-state index contributed by atoms with van der Waals surface area (Å²) in [5, 5.41) is 0.697. The highest BCUT2D eigenvalue weighted by molar-refractivity contribution is 6.30. The summed E-state index contributed by atoms with van der Waals surface area (Å²) in [5.74, 6) is 1.36. The summed E-state index contributed by atoms with van der Waals surface area (Å²) in [6.07, 6.45) is 5.59. The molecule has 0 N–H and O–H groups in total. The highest BCUT2D eigenvalue weighted by atomic mass is 35.5. The molecule has 4 heterocycles. The number of anilines is 1. The van der Waals surface area contributed by atoms with Crippen LogP contribution in [-0.4, -0.2) is 50.4 Å². The lowest BCUT2D eigenvalue weighted by atomic mass is 10.2. The number of piperazine rings is 1. The van der Waals surface area contributed by atoms with Gasteiger partial charge in [-0.25, -0.2) is 4.98 Å². The fourth-order valence-electron chi connectivity index (χ4n) is 3.98. The predicted octanol–water partition coefficient (Wildman–Crippen LogP) is 3.99. The number of aryl methyl sites for hydroxylation is 1. The second kappa shape index (κ2) is 9.14. The number of nitrogens with zero attached hydrogens (tertiary/aromatic N) is 6. The van der Waals surface area contributed by atoms with E-state index in [2.05, 4.69) is 49.4 Å². The highest BCUT2D eigenvalue weighted by Gasteiger charge is 2.20. The van der Waals surface area contributed by atoms with Crippen molar-refractivity contribution in [2.24, 2.45) is 0 Å². The number of benzene rings is 1. The van der Waals surface area contributed by atoms with Gasteiger partial charge in [0.05, 0.1) is 18.1 Å². The lowest BCUT2D eigenvalue weighted by Crippen LogP contribution is -2.46. The number of fused-ring (bicyclic) bond motifs is 1. The lowest BCUT2D eigenvalue weighted by molar-refractivity contribution is 0.246.